The van der Waals surface area contributed by atoms with Gasteiger partial charge in [0.2, 0.25) is 0 Å². The maximum atomic E-state index is 13.8. The molecular formula is C24H24FN5O. The Bertz CT molecular complexity index is 1250. The summed E-state index contributed by atoms with van der Waals surface area (Å²) in [6, 6.07) is 10.9. The van der Waals surface area contributed by atoms with E-state index in [2.05, 4.69) is 9.55 Å². The van der Waals surface area contributed by atoms with Crippen LogP contribution in [-0.4, -0.2) is 42.8 Å². The van der Waals surface area contributed by atoms with Crippen molar-refractivity contribution in [3.8, 4) is 0 Å². The van der Waals surface area contributed by atoms with Crippen LogP contribution in [0.1, 0.15) is 60.4 Å². The summed E-state index contributed by atoms with van der Waals surface area (Å²) < 4.78 is 18.0. The maximum absolute atomic E-state index is 13.8. The van der Waals surface area contributed by atoms with Gasteiger partial charge in [-0.15, -0.1) is 0 Å². The van der Waals surface area contributed by atoms with Crippen molar-refractivity contribution in [1.82, 2.24) is 23.8 Å². The molecule has 1 aliphatic heterocycles. The summed E-state index contributed by atoms with van der Waals surface area (Å²) >= 11 is 0. The third-order valence-electron chi connectivity index (χ3n) is 6.85. The molecule has 4 heterocycles. The maximum Gasteiger partial charge on any atom is 0.274 e. The predicted molar refractivity (Wildman–Crippen MR) is 116 cm³/mol. The summed E-state index contributed by atoms with van der Waals surface area (Å²) in [6.07, 6.45) is 8.96. The molecule has 1 amide bonds. The normalized spacial score (nSPS) is 18.0. The van der Waals surface area contributed by atoms with E-state index in [9.17, 15) is 9.18 Å². The van der Waals surface area contributed by atoms with Gasteiger partial charge in [-0.1, -0.05) is 12.5 Å². The molecule has 31 heavy (non-hydrogen) atoms. The lowest BCUT2D eigenvalue weighted by Gasteiger charge is -2.35. The number of aromatic nitrogens is 4. The minimum Gasteiger partial charge on any atom is -0.337 e. The molecule has 6 rings (SSSR count). The van der Waals surface area contributed by atoms with Gasteiger partial charge in [0.05, 0.1) is 11.0 Å². The molecule has 2 aliphatic rings. The van der Waals surface area contributed by atoms with Gasteiger partial charge in [-0.3, -0.25) is 4.79 Å². The molecule has 1 aliphatic carbocycles. The molecule has 0 unspecified atom stereocenters. The summed E-state index contributed by atoms with van der Waals surface area (Å²) in [6.45, 7) is 1.37. The van der Waals surface area contributed by atoms with Gasteiger partial charge < -0.3 is 13.9 Å². The van der Waals surface area contributed by atoms with Gasteiger partial charge in [-0.25, -0.2) is 14.4 Å². The molecule has 0 spiro atoms. The van der Waals surface area contributed by atoms with Crippen molar-refractivity contribution in [2.75, 3.05) is 13.1 Å². The number of imidazole rings is 2. The largest absolute Gasteiger partial charge is 0.337 e. The first-order chi connectivity index (χ1) is 15.2. The first-order valence-electron chi connectivity index (χ1n) is 11.1. The van der Waals surface area contributed by atoms with E-state index in [0.717, 1.165) is 48.2 Å². The van der Waals surface area contributed by atoms with E-state index in [-0.39, 0.29) is 17.8 Å². The van der Waals surface area contributed by atoms with Gasteiger partial charge in [0.15, 0.2) is 0 Å². The number of likely N-dealkylation sites (tertiary alicyclic amines) is 1. The van der Waals surface area contributed by atoms with Crippen molar-refractivity contribution in [2.45, 2.75) is 44.1 Å². The highest BCUT2D eigenvalue weighted by molar-refractivity contribution is 5.93. The highest BCUT2D eigenvalue weighted by Gasteiger charge is 2.32. The van der Waals surface area contributed by atoms with E-state index in [1.807, 2.05) is 39.8 Å². The molecular weight excluding hydrogens is 393 g/mol. The van der Waals surface area contributed by atoms with E-state index >= 15 is 0 Å². The van der Waals surface area contributed by atoms with E-state index in [4.69, 9.17) is 4.98 Å². The number of carbonyl (C=O) groups is 1. The highest BCUT2D eigenvalue weighted by atomic mass is 19.1. The first-order valence-corrected chi connectivity index (χ1v) is 11.1. The van der Waals surface area contributed by atoms with Crippen LogP contribution < -0.4 is 0 Å². The van der Waals surface area contributed by atoms with Crippen LogP contribution in [0.2, 0.25) is 0 Å². The molecule has 0 N–H and O–H groups in total. The quantitative estimate of drug-likeness (QED) is 0.491. The lowest BCUT2D eigenvalue weighted by molar-refractivity contribution is 0.0689. The van der Waals surface area contributed by atoms with Crippen molar-refractivity contribution in [3.05, 3.63) is 66.1 Å². The van der Waals surface area contributed by atoms with E-state index in [1.165, 1.54) is 18.6 Å². The second-order valence-electron chi connectivity index (χ2n) is 8.72. The van der Waals surface area contributed by atoms with Gasteiger partial charge >= 0.3 is 0 Å². The third kappa shape index (κ3) is 3.10. The topological polar surface area (TPSA) is 55.4 Å². The zero-order valence-electron chi connectivity index (χ0n) is 17.2. The van der Waals surface area contributed by atoms with Gasteiger partial charge in [-0.05, 0) is 49.9 Å². The Morgan fingerprint density at radius 2 is 1.87 bits per heavy atom. The molecule has 6 nitrogen and oxygen atoms in total. The van der Waals surface area contributed by atoms with E-state index in [0.29, 0.717) is 24.7 Å². The monoisotopic (exact) mass is 417 g/mol. The van der Waals surface area contributed by atoms with Crippen LogP contribution >= 0.6 is 0 Å². The molecule has 1 aromatic carbocycles. The number of hydrogen-bond donors (Lipinski definition) is 0. The predicted octanol–water partition coefficient (Wildman–Crippen LogP) is 4.57. The molecule has 3 aromatic heterocycles. The van der Waals surface area contributed by atoms with Crippen LogP contribution in [0, 0.1) is 5.82 Å². The standard InChI is InChI=1S/C24H24FN5O/c25-17-7-8-21-19(14-17)27-23(16-4-3-5-16)30(21)18-9-12-28(13-10-18)24(31)20-15-29-11-2-1-6-22(29)26-20/h1-2,6-8,11,14-16,18H,3-5,9-10,12-13H2. The molecule has 0 bridgehead atoms. The molecule has 158 valence electrons. The fourth-order valence-corrected chi connectivity index (χ4v) is 4.96. The lowest BCUT2D eigenvalue weighted by atomic mass is 9.84. The summed E-state index contributed by atoms with van der Waals surface area (Å²) in [5.74, 6) is 1.30. The van der Waals surface area contributed by atoms with Crippen LogP contribution in [0.25, 0.3) is 16.7 Å². The summed E-state index contributed by atoms with van der Waals surface area (Å²) in [5.41, 5.74) is 3.02. The Morgan fingerprint density at radius 3 is 2.61 bits per heavy atom. The number of pyridine rings is 1. The Kier molecular flexibility index (Phi) is 4.30. The van der Waals surface area contributed by atoms with E-state index < -0.39 is 0 Å². The fraction of sp³-hybridized carbons (Fsp3) is 0.375. The number of rotatable bonds is 3. The first kappa shape index (κ1) is 18.5. The van der Waals surface area contributed by atoms with Crippen molar-refractivity contribution in [1.29, 1.82) is 0 Å². The Hall–Kier alpha value is -3.22. The SMILES string of the molecule is O=C(c1cn2ccccc2n1)N1CCC(n2c(C3CCC3)nc3cc(F)ccc32)CC1. The van der Waals surface area contributed by atoms with Crippen molar-refractivity contribution >= 4 is 22.6 Å². The van der Waals surface area contributed by atoms with Crippen LogP contribution in [-0.2, 0) is 0 Å². The molecule has 7 heteroatoms. The van der Waals surface area contributed by atoms with Crippen LogP contribution in [0.4, 0.5) is 4.39 Å². The number of carbonyl (C=O) groups excluding carboxylic acids is 1. The molecule has 1 saturated heterocycles. The number of nitrogens with zero attached hydrogens (tertiary/aromatic N) is 5. The summed E-state index contributed by atoms with van der Waals surface area (Å²) in [5, 5.41) is 0. The zero-order chi connectivity index (χ0) is 20.9. The Balaban J connectivity index is 1.25. The Morgan fingerprint density at radius 1 is 1.03 bits per heavy atom. The smallest absolute Gasteiger partial charge is 0.274 e. The minimum atomic E-state index is -0.245. The van der Waals surface area contributed by atoms with Crippen molar-refractivity contribution < 1.29 is 9.18 Å². The van der Waals surface area contributed by atoms with Gasteiger partial charge in [-0.2, -0.15) is 0 Å². The second-order valence-corrected chi connectivity index (χ2v) is 8.72. The average molecular weight is 417 g/mol. The number of fused-ring (bicyclic) bond motifs is 2. The number of amides is 1. The van der Waals surface area contributed by atoms with Crippen LogP contribution in [0.15, 0.2) is 48.8 Å². The fourth-order valence-electron chi connectivity index (χ4n) is 4.96. The number of piperidine rings is 1. The molecule has 0 atom stereocenters. The third-order valence-corrected chi connectivity index (χ3v) is 6.85. The Labute approximate surface area is 179 Å². The summed E-state index contributed by atoms with van der Waals surface area (Å²) in [4.78, 5) is 24.2. The lowest BCUT2D eigenvalue weighted by Crippen LogP contribution is -2.39. The highest BCUT2D eigenvalue weighted by Crippen LogP contribution is 2.40. The number of benzene rings is 1. The molecule has 2 fully saturated rings. The van der Waals surface area contributed by atoms with Crippen LogP contribution in [0.3, 0.4) is 0 Å². The zero-order valence-corrected chi connectivity index (χ0v) is 17.2. The van der Waals surface area contributed by atoms with E-state index in [1.54, 1.807) is 6.20 Å². The molecule has 0 radical (unpaired) electrons. The van der Waals surface area contributed by atoms with Crippen molar-refractivity contribution in [2.24, 2.45) is 0 Å². The summed E-state index contributed by atoms with van der Waals surface area (Å²) in [7, 11) is 0. The number of halogens is 1. The van der Waals surface area contributed by atoms with Gasteiger partial charge in [0.25, 0.3) is 5.91 Å². The molecule has 1 saturated carbocycles. The van der Waals surface area contributed by atoms with Gasteiger partial charge in [0.1, 0.15) is 23.0 Å². The average Bonchev–Trinajstić information content (AvgIpc) is 3.33. The number of hydrogen-bond acceptors (Lipinski definition) is 3. The van der Waals surface area contributed by atoms with Crippen LogP contribution in [0.5, 0.6) is 0 Å². The van der Waals surface area contributed by atoms with Gasteiger partial charge in [0, 0.05) is 43.5 Å². The van der Waals surface area contributed by atoms with Crippen molar-refractivity contribution in [3.63, 3.8) is 0 Å². The molecule has 4 aromatic rings. The second kappa shape index (κ2) is 7.18. The minimum absolute atomic E-state index is 0.0149.